The number of esters is 1. The molecule has 4 rings (SSSR count). The highest BCUT2D eigenvalue weighted by atomic mass is 32.1. The number of amides is 1. The SMILES string of the molecule is CC(NC(=O)COC(=O)Cc1sc(-c2ccccc2)nc1-c1cccs1)c1ccccc1. The van der Waals surface area contributed by atoms with Gasteiger partial charge in [0.05, 0.1) is 23.0 Å². The molecule has 0 aliphatic rings. The molecule has 4 aromatic rings. The van der Waals surface area contributed by atoms with Crippen molar-refractivity contribution in [1.29, 1.82) is 0 Å². The molecular weight excluding hydrogens is 440 g/mol. The molecule has 2 aromatic carbocycles. The summed E-state index contributed by atoms with van der Waals surface area (Å²) < 4.78 is 5.26. The Kier molecular flexibility index (Phi) is 7.09. The third-order valence-electron chi connectivity index (χ3n) is 4.82. The zero-order valence-electron chi connectivity index (χ0n) is 17.5. The molecule has 162 valence electrons. The molecule has 7 heteroatoms. The smallest absolute Gasteiger partial charge is 0.311 e. The second kappa shape index (κ2) is 10.3. The van der Waals surface area contributed by atoms with Crippen LogP contribution in [-0.2, 0) is 20.7 Å². The summed E-state index contributed by atoms with van der Waals surface area (Å²) in [4.78, 5) is 31.4. The second-order valence-electron chi connectivity index (χ2n) is 7.17. The first-order valence-corrected chi connectivity index (χ1v) is 11.9. The highest BCUT2D eigenvalue weighted by molar-refractivity contribution is 7.17. The largest absolute Gasteiger partial charge is 0.455 e. The first kappa shape index (κ1) is 21.9. The van der Waals surface area contributed by atoms with Crippen LogP contribution >= 0.6 is 22.7 Å². The number of benzene rings is 2. The lowest BCUT2D eigenvalue weighted by molar-refractivity contribution is -0.148. The van der Waals surface area contributed by atoms with Gasteiger partial charge in [0.1, 0.15) is 5.01 Å². The van der Waals surface area contributed by atoms with Crippen molar-refractivity contribution in [2.24, 2.45) is 0 Å². The van der Waals surface area contributed by atoms with Gasteiger partial charge in [0.25, 0.3) is 5.91 Å². The molecule has 0 aliphatic heterocycles. The Labute approximate surface area is 194 Å². The Balaban J connectivity index is 1.40. The van der Waals surface area contributed by atoms with E-state index in [4.69, 9.17) is 9.72 Å². The van der Waals surface area contributed by atoms with Gasteiger partial charge in [-0.05, 0) is 23.9 Å². The summed E-state index contributed by atoms with van der Waals surface area (Å²) >= 11 is 3.05. The second-order valence-corrected chi connectivity index (χ2v) is 9.20. The van der Waals surface area contributed by atoms with Crippen molar-refractivity contribution in [3.05, 3.63) is 88.6 Å². The highest BCUT2D eigenvalue weighted by Gasteiger charge is 2.19. The summed E-state index contributed by atoms with van der Waals surface area (Å²) in [6.45, 7) is 1.58. The normalized spacial score (nSPS) is 11.7. The van der Waals surface area contributed by atoms with Gasteiger partial charge in [-0.2, -0.15) is 0 Å². The number of ether oxygens (including phenoxy) is 1. The molecule has 2 heterocycles. The molecule has 1 unspecified atom stereocenters. The van der Waals surface area contributed by atoms with Crippen LogP contribution in [0.15, 0.2) is 78.2 Å². The van der Waals surface area contributed by atoms with Crippen LogP contribution in [0.5, 0.6) is 0 Å². The predicted molar refractivity (Wildman–Crippen MR) is 129 cm³/mol. The zero-order chi connectivity index (χ0) is 22.3. The van der Waals surface area contributed by atoms with E-state index in [1.807, 2.05) is 85.1 Å². The van der Waals surface area contributed by atoms with Crippen LogP contribution < -0.4 is 5.32 Å². The summed E-state index contributed by atoms with van der Waals surface area (Å²) in [6.07, 6.45) is 0.0687. The third kappa shape index (κ3) is 5.49. The van der Waals surface area contributed by atoms with Gasteiger partial charge in [0, 0.05) is 10.4 Å². The molecule has 1 atom stereocenters. The number of thiazole rings is 1. The summed E-state index contributed by atoms with van der Waals surface area (Å²) in [6, 6.07) is 23.3. The Morgan fingerprint density at radius 2 is 1.72 bits per heavy atom. The molecule has 0 saturated heterocycles. The number of aromatic nitrogens is 1. The Bertz CT molecular complexity index is 1170. The van der Waals surface area contributed by atoms with Gasteiger partial charge < -0.3 is 10.1 Å². The van der Waals surface area contributed by atoms with Crippen molar-refractivity contribution in [2.75, 3.05) is 6.61 Å². The minimum Gasteiger partial charge on any atom is -0.455 e. The Morgan fingerprint density at radius 3 is 2.41 bits per heavy atom. The maximum absolute atomic E-state index is 12.5. The molecule has 0 spiro atoms. The van der Waals surface area contributed by atoms with Gasteiger partial charge >= 0.3 is 5.97 Å². The van der Waals surface area contributed by atoms with E-state index >= 15 is 0 Å². The van der Waals surface area contributed by atoms with Gasteiger partial charge in [-0.1, -0.05) is 66.7 Å². The molecule has 32 heavy (non-hydrogen) atoms. The number of carbonyl (C=O) groups excluding carboxylic acids is 2. The molecule has 0 saturated carbocycles. The standard InChI is InChI=1S/C25H22N2O3S2/c1-17(18-9-4-2-5-10-18)26-22(28)16-30-23(29)15-21-24(20-13-8-14-31-20)27-25(32-21)19-11-6-3-7-12-19/h2-14,17H,15-16H2,1H3,(H,26,28). The van der Waals surface area contributed by atoms with E-state index in [-0.39, 0.29) is 25.0 Å². The van der Waals surface area contributed by atoms with Crippen LogP contribution in [0.4, 0.5) is 0 Å². The molecule has 0 fully saturated rings. The molecular formula is C25H22N2O3S2. The zero-order valence-corrected chi connectivity index (χ0v) is 19.1. The third-order valence-corrected chi connectivity index (χ3v) is 6.80. The molecule has 1 amide bonds. The minimum atomic E-state index is -0.450. The highest BCUT2D eigenvalue weighted by Crippen LogP contribution is 2.36. The topological polar surface area (TPSA) is 68.3 Å². The van der Waals surface area contributed by atoms with Crippen LogP contribution in [0.1, 0.15) is 23.4 Å². The van der Waals surface area contributed by atoms with Crippen LogP contribution in [0, 0.1) is 0 Å². The number of nitrogens with zero attached hydrogens (tertiary/aromatic N) is 1. The minimum absolute atomic E-state index is 0.0687. The van der Waals surface area contributed by atoms with E-state index in [0.717, 1.165) is 31.6 Å². The monoisotopic (exact) mass is 462 g/mol. The van der Waals surface area contributed by atoms with Gasteiger partial charge in [-0.25, -0.2) is 4.98 Å². The van der Waals surface area contributed by atoms with Crippen molar-refractivity contribution in [2.45, 2.75) is 19.4 Å². The molecule has 0 bridgehead atoms. The van der Waals surface area contributed by atoms with Crippen LogP contribution in [0.2, 0.25) is 0 Å². The summed E-state index contributed by atoms with van der Waals surface area (Å²) in [7, 11) is 0. The van der Waals surface area contributed by atoms with E-state index < -0.39 is 5.97 Å². The quantitative estimate of drug-likeness (QED) is 0.351. The van der Waals surface area contributed by atoms with E-state index in [1.54, 1.807) is 11.3 Å². The number of thiophene rings is 1. The summed E-state index contributed by atoms with van der Waals surface area (Å²) in [5.41, 5.74) is 2.79. The van der Waals surface area contributed by atoms with Crippen molar-refractivity contribution in [1.82, 2.24) is 10.3 Å². The number of hydrogen-bond donors (Lipinski definition) is 1. The van der Waals surface area contributed by atoms with Crippen LogP contribution in [-0.4, -0.2) is 23.5 Å². The number of carbonyl (C=O) groups is 2. The maximum Gasteiger partial charge on any atom is 0.311 e. The van der Waals surface area contributed by atoms with Gasteiger partial charge in [-0.15, -0.1) is 22.7 Å². The first-order chi connectivity index (χ1) is 15.6. The van der Waals surface area contributed by atoms with Crippen molar-refractivity contribution in [3.8, 4) is 21.1 Å². The number of hydrogen-bond acceptors (Lipinski definition) is 6. The number of nitrogens with one attached hydrogen (secondary N) is 1. The van der Waals surface area contributed by atoms with Crippen molar-refractivity contribution < 1.29 is 14.3 Å². The molecule has 0 aliphatic carbocycles. The summed E-state index contributed by atoms with van der Waals surface area (Å²) in [5, 5.41) is 5.69. The fourth-order valence-electron chi connectivity index (χ4n) is 3.22. The fraction of sp³-hybridized carbons (Fsp3) is 0.160. The molecule has 5 nitrogen and oxygen atoms in total. The van der Waals surface area contributed by atoms with Crippen molar-refractivity contribution >= 4 is 34.6 Å². The Morgan fingerprint density at radius 1 is 1.00 bits per heavy atom. The molecule has 1 N–H and O–H groups in total. The Hall–Kier alpha value is -3.29. The van der Waals surface area contributed by atoms with Crippen molar-refractivity contribution in [3.63, 3.8) is 0 Å². The lowest BCUT2D eigenvalue weighted by Crippen LogP contribution is -2.31. The lowest BCUT2D eigenvalue weighted by atomic mass is 10.1. The molecule has 2 aromatic heterocycles. The first-order valence-electron chi connectivity index (χ1n) is 10.2. The lowest BCUT2D eigenvalue weighted by Gasteiger charge is -2.14. The van der Waals surface area contributed by atoms with E-state index in [2.05, 4.69) is 5.32 Å². The van der Waals surface area contributed by atoms with E-state index in [1.165, 1.54) is 11.3 Å². The van der Waals surface area contributed by atoms with Crippen LogP contribution in [0.25, 0.3) is 21.1 Å². The predicted octanol–water partition coefficient (Wildman–Crippen LogP) is 5.50. The number of rotatable bonds is 8. The fourth-order valence-corrected chi connectivity index (χ4v) is 5.09. The molecule has 0 radical (unpaired) electrons. The van der Waals surface area contributed by atoms with Gasteiger partial charge in [0.2, 0.25) is 0 Å². The van der Waals surface area contributed by atoms with Crippen LogP contribution in [0.3, 0.4) is 0 Å². The average Bonchev–Trinajstić information content (AvgIpc) is 3.49. The average molecular weight is 463 g/mol. The van der Waals surface area contributed by atoms with Gasteiger partial charge in [-0.3, -0.25) is 9.59 Å². The summed E-state index contributed by atoms with van der Waals surface area (Å²) in [5.74, 6) is -0.781. The maximum atomic E-state index is 12.5. The van der Waals surface area contributed by atoms with E-state index in [0.29, 0.717) is 0 Å². The van der Waals surface area contributed by atoms with E-state index in [9.17, 15) is 9.59 Å². The van der Waals surface area contributed by atoms with Gasteiger partial charge in [0.15, 0.2) is 6.61 Å².